The van der Waals surface area contributed by atoms with Gasteiger partial charge in [0.1, 0.15) is 0 Å². The summed E-state index contributed by atoms with van der Waals surface area (Å²) in [6.07, 6.45) is 0. The number of rotatable bonds is 1. The van der Waals surface area contributed by atoms with Gasteiger partial charge in [0.05, 0.1) is 13.2 Å². The molecule has 102 valence electrons. The Morgan fingerprint density at radius 3 is 2.18 bits per heavy atom. The van der Waals surface area contributed by atoms with E-state index >= 15 is 0 Å². The van der Waals surface area contributed by atoms with Crippen LogP contribution in [0.2, 0.25) is 0 Å². The molecule has 0 atom stereocenters. The number of morpholine rings is 1. The molecule has 0 spiro atoms. The number of carbonyl (C=O) groups excluding carboxylic acids is 1. The largest absolute Gasteiger partial charge is 0.507 e. The standard InChI is InChI=1S/C7H15N3O2.FH2O3P/c1-9(2)7(11)8-10-3-5-12-6-4-10;1-5(2,3)4/h3-6H2,1-2H3,(H,8,11);(H2,2,3,4). The molecule has 1 rings (SSSR count). The minimum atomic E-state index is -5.14. The van der Waals surface area contributed by atoms with Gasteiger partial charge in [0.2, 0.25) is 0 Å². The Kier molecular flexibility index (Phi) is 7.24. The number of hydrazine groups is 1. The molecule has 0 unspecified atom stereocenters. The minimum absolute atomic E-state index is 0.0862. The van der Waals surface area contributed by atoms with Gasteiger partial charge in [0.25, 0.3) is 0 Å². The number of hydrogen-bond acceptors (Lipinski definition) is 4. The molecule has 0 bridgehead atoms. The van der Waals surface area contributed by atoms with Crippen molar-refractivity contribution < 1.29 is 28.1 Å². The minimum Gasteiger partial charge on any atom is -0.379 e. The summed E-state index contributed by atoms with van der Waals surface area (Å²) in [4.78, 5) is 26.6. The summed E-state index contributed by atoms with van der Waals surface area (Å²) >= 11 is 0. The smallest absolute Gasteiger partial charge is 0.379 e. The third-order valence-electron chi connectivity index (χ3n) is 1.67. The van der Waals surface area contributed by atoms with Crippen molar-refractivity contribution in [1.82, 2.24) is 15.3 Å². The van der Waals surface area contributed by atoms with Crippen LogP contribution >= 0.6 is 7.91 Å². The van der Waals surface area contributed by atoms with Gasteiger partial charge in [0.15, 0.2) is 0 Å². The predicted molar refractivity (Wildman–Crippen MR) is 57.8 cm³/mol. The first-order valence-electron chi connectivity index (χ1n) is 4.76. The second-order valence-corrected chi connectivity index (χ2v) is 4.33. The lowest BCUT2D eigenvalue weighted by Gasteiger charge is -2.28. The molecule has 8 nitrogen and oxygen atoms in total. The fourth-order valence-corrected chi connectivity index (χ4v) is 0.910. The second kappa shape index (κ2) is 7.57. The molecule has 0 aromatic carbocycles. The van der Waals surface area contributed by atoms with E-state index in [4.69, 9.17) is 19.1 Å². The molecule has 17 heavy (non-hydrogen) atoms. The summed E-state index contributed by atoms with van der Waals surface area (Å²) < 4.78 is 24.1. The van der Waals surface area contributed by atoms with Crippen LogP contribution in [0.25, 0.3) is 0 Å². The molecule has 1 aliphatic rings. The maximum atomic E-state index is 11.1. The van der Waals surface area contributed by atoms with Gasteiger partial charge >= 0.3 is 13.9 Å². The summed E-state index contributed by atoms with van der Waals surface area (Å²) in [5, 5.41) is 1.87. The van der Waals surface area contributed by atoms with Crippen LogP contribution in [0.3, 0.4) is 0 Å². The van der Waals surface area contributed by atoms with E-state index in [2.05, 4.69) is 5.43 Å². The molecule has 0 aliphatic carbocycles. The highest BCUT2D eigenvalue weighted by Crippen LogP contribution is 2.34. The van der Waals surface area contributed by atoms with Gasteiger partial charge in [-0.3, -0.25) is 15.2 Å². The molecule has 0 saturated carbocycles. The van der Waals surface area contributed by atoms with Crippen LogP contribution < -0.4 is 5.43 Å². The van der Waals surface area contributed by atoms with Crippen LogP contribution in [0, 0.1) is 0 Å². The molecule has 3 N–H and O–H groups in total. The van der Waals surface area contributed by atoms with Crippen molar-refractivity contribution in [1.29, 1.82) is 0 Å². The lowest BCUT2D eigenvalue weighted by molar-refractivity contribution is 0.0172. The Labute approximate surface area is 98.6 Å². The zero-order valence-corrected chi connectivity index (χ0v) is 10.6. The van der Waals surface area contributed by atoms with Crippen LogP contribution in [-0.4, -0.2) is 66.1 Å². The maximum Gasteiger partial charge on any atom is 0.507 e. The van der Waals surface area contributed by atoms with Gasteiger partial charge in [-0.25, -0.2) is 14.4 Å². The Morgan fingerprint density at radius 1 is 1.41 bits per heavy atom. The fourth-order valence-electron chi connectivity index (χ4n) is 0.910. The highest BCUT2D eigenvalue weighted by atomic mass is 31.2. The second-order valence-electron chi connectivity index (χ2n) is 3.38. The SMILES string of the molecule is CN(C)C(=O)NN1CCOCC1.O=P(O)(O)F. The van der Waals surface area contributed by atoms with Gasteiger partial charge in [-0.1, -0.05) is 0 Å². The van der Waals surface area contributed by atoms with Crippen molar-refractivity contribution in [2.75, 3.05) is 40.4 Å². The topological polar surface area (TPSA) is 102 Å². The van der Waals surface area contributed by atoms with E-state index in [9.17, 15) is 8.99 Å². The molecule has 0 aromatic rings. The van der Waals surface area contributed by atoms with Gasteiger partial charge in [-0.05, 0) is 0 Å². The molecule has 1 fully saturated rings. The highest BCUT2D eigenvalue weighted by molar-refractivity contribution is 7.45. The fraction of sp³-hybridized carbons (Fsp3) is 0.857. The Balaban J connectivity index is 0.000000437. The zero-order valence-electron chi connectivity index (χ0n) is 9.67. The van der Waals surface area contributed by atoms with Gasteiger partial charge in [-0.15, -0.1) is 4.20 Å². The average Bonchev–Trinajstić information content (AvgIpc) is 2.16. The summed E-state index contributed by atoms with van der Waals surface area (Å²) in [7, 11) is -1.70. The molecule has 2 amide bonds. The monoisotopic (exact) mass is 273 g/mol. The number of ether oxygens (including phenoxy) is 1. The molecule has 0 aromatic heterocycles. The molecule has 0 radical (unpaired) electrons. The molecular weight excluding hydrogens is 256 g/mol. The normalized spacial score (nSPS) is 16.8. The van der Waals surface area contributed by atoms with E-state index in [0.29, 0.717) is 13.2 Å². The number of nitrogens with zero attached hydrogens (tertiary/aromatic N) is 2. The molecule has 1 aliphatic heterocycles. The van der Waals surface area contributed by atoms with Crippen molar-refractivity contribution in [2.24, 2.45) is 0 Å². The number of halogens is 1. The molecule has 1 saturated heterocycles. The molecule has 1 heterocycles. The maximum absolute atomic E-state index is 11.1. The van der Waals surface area contributed by atoms with Crippen LogP contribution in [0.4, 0.5) is 8.99 Å². The van der Waals surface area contributed by atoms with E-state index in [1.807, 2.05) is 5.01 Å². The van der Waals surface area contributed by atoms with Crippen LogP contribution in [0.15, 0.2) is 0 Å². The van der Waals surface area contributed by atoms with E-state index in [-0.39, 0.29) is 6.03 Å². The van der Waals surface area contributed by atoms with Crippen molar-refractivity contribution >= 4 is 13.9 Å². The van der Waals surface area contributed by atoms with Crippen LogP contribution in [0.5, 0.6) is 0 Å². The Morgan fingerprint density at radius 2 is 1.82 bits per heavy atom. The van der Waals surface area contributed by atoms with Gasteiger partial charge in [0, 0.05) is 27.2 Å². The number of hydrogen-bond donors (Lipinski definition) is 3. The number of carbonyl (C=O) groups is 1. The first kappa shape index (κ1) is 16.3. The average molecular weight is 273 g/mol. The van der Waals surface area contributed by atoms with Crippen molar-refractivity contribution in [2.45, 2.75) is 0 Å². The zero-order chi connectivity index (χ0) is 13.5. The number of nitrogens with one attached hydrogen (secondary N) is 1. The van der Waals surface area contributed by atoms with Crippen LogP contribution in [-0.2, 0) is 9.30 Å². The summed E-state index contributed by atoms with van der Waals surface area (Å²) in [6, 6.07) is -0.0862. The summed E-state index contributed by atoms with van der Waals surface area (Å²) in [6.45, 7) is 2.90. The summed E-state index contributed by atoms with van der Waals surface area (Å²) in [5.41, 5.74) is 2.76. The third-order valence-corrected chi connectivity index (χ3v) is 1.67. The van der Waals surface area contributed by atoms with E-state index in [1.54, 1.807) is 14.1 Å². The number of amides is 2. The van der Waals surface area contributed by atoms with Crippen LogP contribution in [0.1, 0.15) is 0 Å². The Hall–Kier alpha value is -0.730. The predicted octanol–water partition coefficient (Wildman–Crippen LogP) is -0.447. The van der Waals surface area contributed by atoms with E-state index < -0.39 is 7.91 Å². The third kappa shape index (κ3) is 11.5. The van der Waals surface area contributed by atoms with E-state index in [0.717, 1.165) is 13.1 Å². The first-order valence-corrected chi connectivity index (χ1v) is 6.26. The van der Waals surface area contributed by atoms with Crippen molar-refractivity contribution in [3.8, 4) is 0 Å². The van der Waals surface area contributed by atoms with Gasteiger partial charge < -0.3 is 9.64 Å². The van der Waals surface area contributed by atoms with Gasteiger partial charge in [-0.2, -0.15) is 0 Å². The highest BCUT2D eigenvalue weighted by Gasteiger charge is 2.13. The lowest BCUT2D eigenvalue weighted by atomic mass is 10.5. The summed E-state index contributed by atoms with van der Waals surface area (Å²) in [5.74, 6) is 0. The lowest BCUT2D eigenvalue weighted by Crippen LogP contribution is -2.51. The quantitative estimate of drug-likeness (QED) is 0.559. The van der Waals surface area contributed by atoms with E-state index in [1.165, 1.54) is 4.90 Å². The first-order chi connectivity index (χ1) is 7.70. The Bertz CT molecular complexity index is 270. The van der Waals surface area contributed by atoms with Crippen molar-refractivity contribution in [3.63, 3.8) is 0 Å². The van der Waals surface area contributed by atoms with Crippen molar-refractivity contribution in [3.05, 3.63) is 0 Å². The molecule has 10 heteroatoms. The molecular formula is C7H17FN3O5P. The number of urea groups is 1.